The second-order valence-electron chi connectivity index (χ2n) is 6.12. The van der Waals surface area contributed by atoms with Gasteiger partial charge in [0.15, 0.2) is 0 Å². The van der Waals surface area contributed by atoms with Crippen LogP contribution in [-0.4, -0.2) is 19.0 Å². The first-order valence-electron chi connectivity index (χ1n) is 8.29. The van der Waals surface area contributed by atoms with Crippen molar-refractivity contribution in [3.05, 3.63) is 70.9 Å². The van der Waals surface area contributed by atoms with Crippen molar-refractivity contribution in [2.45, 2.75) is 19.9 Å². The number of nitrogens with one attached hydrogen (secondary N) is 3. The maximum absolute atomic E-state index is 12.9. The Labute approximate surface area is 152 Å². The van der Waals surface area contributed by atoms with E-state index in [2.05, 4.69) is 16.0 Å². The summed E-state index contributed by atoms with van der Waals surface area (Å²) >= 11 is 0. The summed E-state index contributed by atoms with van der Waals surface area (Å²) in [6, 6.07) is 13.9. The molecule has 3 amide bonds. The largest absolute Gasteiger partial charge is 0.496 e. The molecule has 0 radical (unpaired) electrons. The van der Waals surface area contributed by atoms with Gasteiger partial charge in [-0.3, -0.25) is 4.79 Å². The molecular weight excluding hydrogens is 330 g/mol. The Kier molecular flexibility index (Phi) is 4.93. The summed E-state index contributed by atoms with van der Waals surface area (Å²) in [6.07, 6.45) is 0. The maximum atomic E-state index is 12.9. The monoisotopic (exact) mass is 351 g/mol. The standard InChI is InChI=1S/C20H21N3O3/c1-12-9-10-14(11-16(12)26-3)18-17(13(2)21-20(25)23-18)19(24)22-15-7-5-4-6-8-15/h4-11,18H,1-3H3,(H,22,24)(H2,21,23,25)/t18-/m0/s1. The molecule has 1 aliphatic rings. The first-order valence-corrected chi connectivity index (χ1v) is 8.29. The van der Waals surface area contributed by atoms with Gasteiger partial charge < -0.3 is 20.7 Å². The van der Waals surface area contributed by atoms with E-state index < -0.39 is 6.04 Å². The maximum Gasteiger partial charge on any atom is 0.319 e. The zero-order valence-corrected chi connectivity index (χ0v) is 14.9. The van der Waals surface area contributed by atoms with Crippen molar-refractivity contribution >= 4 is 17.6 Å². The molecule has 0 unspecified atom stereocenters. The number of carbonyl (C=O) groups is 2. The van der Waals surface area contributed by atoms with Crippen LogP contribution in [0, 0.1) is 6.92 Å². The number of urea groups is 1. The molecule has 6 nitrogen and oxygen atoms in total. The fourth-order valence-corrected chi connectivity index (χ4v) is 2.98. The predicted octanol–water partition coefficient (Wildman–Crippen LogP) is 3.27. The van der Waals surface area contributed by atoms with Crippen molar-refractivity contribution in [2.75, 3.05) is 12.4 Å². The van der Waals surface area contributed by atoms with Crippen molar-refractivity contribution in [2.24, 2.45) is 0 Å². The lowest BCUT2D eigenvalue weighted by Gasteiger charge is -2.29. The first-order chi connectivity index (χ1) is 12.5. The summed E-state index contributed by atoms with van der Waals surface area (Å²) in [5.41, 5.74) is 3.42. The van der Waals surface area contributed by atoms with E-state index in [1.165, 1.54) is 0 Å². The fourth-order valence-electron chi connectivity index (χ4n) is 2.98. The van der Waals surface area contributed by atoms with Gasteiger partial charge in [0, 0.05) is 11.4 Å². The summed E-state index contributed by atoms with van der Waals surface area (Å²) in [6.45, 7) is 3.66. The van der Waals surface area contributed by atoms with Crippen molar-refractivity contribution in [3.8, 4) is 5.75 Å². The molecule has 2 aromatic carbocycles. The average molecular weight is 351 g/mol. The number of carbonyl (C=O) groups excluding carboxylic acids is 2. The van der Waals surface area contributed by atoms with E-state index in [4.69, 9.17) is 4.74 Å². The van der Waals surface area contributed by atoms with Gasteiger partial charge >= 0.3 is 6.03 Å². The number of hydrogen-bond acceptors (Lipinski definition) is 3. The molecule has 3 rings (SSSR count). The van der Waals surface area contributed by atoms with Gasteiger partial charge in [-0.1, -0.05) is 30.3 Å². The van der Waals surface area contributed by atoms with Gasteiger partial charge in [-0.15, -0.1) is 0 Å². The van der Waals surface area contributed by atoms with Gasteiger partial charge in [0.1, 0.15) is 5.75 Å². The highest BCUT2D eigenvalue weighted by molar-refractivity contribution is 6.06. The van der Waals surface area contributed by atoms with Crippen LogP contribution in [0.25, 0.3) is 0 Å². The van der Waals surface area contributed by atoms with Crippen LogP contribution in [-0.2, 0) is 4.79 Å². The Morgan fingerprint density at radius 1 is 1.12 bits per heavy atom. The van der Waals surface area contributed by atoms with Crippen molar-refractivity contribution in [1.82, 2.24) is 10.6 Å². The van der Waals surface area contributed by atoms with Crippen LogP contribution in [0.1, 0.15) is 24.1 Å². The molecule has 0 aliphatic carbocycles. The van der Waals surface area contributed by atoms with E-state index >= 15 is 0 Å². The van der Waals surface area contributed by atoms with Gasteiger partial charge in [-0.05, 0) is 43.2 Å². The van der Waals surface area contributed by atoms with Crippen LogP contribution in [0.2, 0.25) is 0 Å². The smallest absolute Gasteiger partial charge is 0.319 e. The highest BCUT2D eigenvalue weighted by atomic mass is 16.5. The third-order valence-electron chi connectivity index (χ3n) is 4.31. The summed E-state index contributed by atoms with van der Waals surface area (Å²) in [7, 11) is 1.59. The Morgan fingerprint density at radius 2 is 1.85 bits per heavy atom. The Hall–Kier alpha value is -3.28. The molecule has 1 aliphatic heterocycles. The van der Waals surface area contributed by atoms with E-state index in [0.717, 1.165) is 11.1 Å². The number of ether oxygens (including phenoxy) is 1. The van der Waals surface area contributed by atoms with E-state index in [1.807, 2.05) is 55.5 Å². The topological polar surface area (TPSA) is 79.5 Å². The lowest BCUT2D eigenvalue weighted by atomic mass is 9.94. The minimum atomic E-state index is -0.568. The van der Waals surface area contributed by atoms with E-state index in [1.54, 1.807) is 14.0 Å². The molecular formula is C20H21N3O3. The van der Waals surface area contributed by atoms with Gasteiger partial charge in [-0.25, -0.2) is 4.79 Å². The van der Waals surface area contributed by atoms with Gasteiger partial charge in [0.25, 0.3) is 5.91 Å². The van der Waals surface area contributed by atoms with Crippen molar-refractivity contribution < 1.29 is 14.3 Å². The molecule has 0 bridgehead atoms. The summed E-state index contributed by atoms with van der Waals surface area (Å²) < 4.78 is 5.38. The summed E-state index contributed by atoms with van der Waals surface area (Å²) in [5, 5.41) is 8.38. The average Bonchev–Trinajstić information content (AvgIpc) is 2.62. The van der Waals surface area contributed by atoms with Crippen LogP contribution in [0.5, 0.6) is 5.75 Å². The van der Waals surface area contributed by atoms with Crippen LogP contribution in [0.3, 0.4) is 0 Å². The second kappa shape index (κ2) is 7.31. The molecule has 134 valence electrons. The van der Waals surface area contributed by atoms with Gasteiger partial charge in [-0.2, -0.15) is 0 Å². The Balaban J connectivity index is 1.98. The van der Waals surface area contributed by atoms with Gasteiger partial charge in [0.05, 0.1) is 18.7 Å². The number of benzene rings is 2. The lowest BCUT2D eigenvalue weighted by Crippen LogP contribution is -2.46. The quantitative estimate of drug-likeness (QED) is 0.791. The fraction of sp³-hybridized carbons (Fsp3) is 0.200. The molecule has 6 heteroatoms. The highest BCUT2D eigenvalue weighted by Gasteiger charge is 2.31. The zero-order valence-electron chi connectivity index (χ0n) is 14.9. The van der Waals surface area contributed by atoms with Crippen LogP contribution >= 0.6 is 0 Å². The number of hydrogen-bond donors (Lipinski definition) is 3. The Morgan fingerprint density at radius 3 is 2.54 bits per heavy atom. The number of methoxy groups -OCH3 is 1. The minimum absolute atomic E-state index is 0.272. The van der Waals surface area contributed by atoms with Crippen LogP contribution in [0.4, 0.5) is 10.5 Å². The van der Waals surface area contributed by atoms with Gasteiger partial charge in [0.2, 0.25) is 0 Å². The molecule has 0 spiro atoms. The molecule has 1 heterocycles. The third-order valence-corrected chi connectivity index (χ3v) is 4.31. The molecule has 0 saturated carbocycles. The van der Waals surface area contributed by atoms with Crippen LogP contribution < -0.4 is 20.7 Å². The van der Waals surface area contributed by atoms with Crippen LogP contribution in [0.15, 0.2) is 59.8 Å². The molecule has 0 fully saturated rings. The third kappa shape index (κ3) is 3.54. The second-order valence-corrected chi connectivity index (χ2v) is 6.12. The number of allylic oxidation sites excluding steroid dienone is 1. The minimum Gasteiger partial charge on any atom is -0.496 e. The van der Waals surface area contributed by atoms with E-state index in [0.29, 0.717) is 22.7 Å². The highest BCUT2D eigenvalue weighted by Crippen LogP contribution is 2.31. The number of rotatable bonds is 4. The zero-order chi connectivity index (χ0) is 18.7. The summed E-state index contributed by atoms with van der Waals surface area (Å²) in [5.74, 6) is 0.432. The number of amides is 3. The lowest BCUT2D eigenvalue weighted by molar-refractivity contribution is -0.113. The molecule has 2 aromatic rings. The van der Waals surface area contributed by atoms with Crippen molar-refractivity contribution in [3.63, 3.8) is 0 Å². The summed E-state index contributed by atoms with van der Waals surface area (Å²) in [4.78, 5) is 24.9. The molecule has 0 aromatic heterocycles. The molecule has 1 atom stereocenters. The number of para-hydroxylation sites is 1. The Bertz CT molecular complexity index is 875. The SMILES string of the molecule is COc1cc([C@@H]2NC(=O)NC(C)=C2C(=O)Nc2ccccc2)ccc1C. The normalized spacial score (nSPS) is 16.6. The number of anilines is 1. The van der Waals surface area contributed by atoms with E-state index in [9.17, 15) is 9.59 Å². The molecule has 3 N–H and O–H groups in total. The first kappa shape index (κ1) is 17.5. The van der Waals surface area contributed by atoms with Crippen molar-refractivity contribution in [1.29, 1.82) is 0 Å². The van der Waals surface area contributed by atoms with E-state index in [-0.39, 0.29) is 11.9 Å². The molecule has 26 heavy (non-hydrogen) atoms. The predicted molar refractivity (Wildman–Crippen MR) is 99.9 cm³/mol. The molecule has 0 saturated heterocycles. The number of aryl methyl sites for hydroxylation is 1.